The molecule has 1 aliphatic carbocycles. The monoisotopic (exact) mass is 295 g/mol. The van der Waals surface area contributed by atoms with Crippen LogP contribution in [0.15, 0.2) is 35.6 Å². The van der Waals surface area contributed by atoms with Crippen LogP contribution in [0.2, 0.25) is 0 Å². The van der Waals surface area contributed by atoms with Crippen LogP contribution in [-0.2, 0) is 12.8 Å². The van der Waals surface area contributed by atoms with E-state index in [2.05, 4.69) is 37.9 Å². The minimum absolute atomic E-state index is 0.434. The summed E-state index contributed by atoms with van der Waals surface area (Å²) in [6.07, 6.45) is 6.60. The van der Waals surface area contributed by atoms with Crippen LogP contribution in [0.5, 0.6) is 0 Å². The Bertz CT molecular complexity index is 726. The Morgan fingerprint density at radius 1 is 1.27 bits per heavy atom. The number of rotatable bonds is 3. The molecule has 1 aromatic carbocycles. The number of anilines is 1. The van der Waals surface area contributed by atoms with Crippen molar-refractivity contribution in [1.82, 2.24) is 15.4 Å². The molecule has 0 spiro atoms. The number of nitrogens with zero attached hydrogens (tertiary/aromatic N) is 3. The highest BCUT2D eigenvalue weighted by molar-refractivity contribution is 5.88. The molecule has 0 atom stereocenters. The molecule has 0 fully saturated rings. The van der Waals surface area contributed by atoms with E-state index < -0.39 is 6.03 Å². The van der Waals surface area contributed by atoms with Gasteiger partial charge in [0.2, 0.25) is 0 Å². The quantitative estimate of drug-likeness (QED) is 0.675. The maximum atomic E-state index is 11.6. The molecule has 6 heteroatoms. The molecule has 2 N–H and O–H groups in total. The summed E-state index contributed by atoms with van der Waals surface area (Å²) in [6.45, 7) is 1.72. The number of hydrogen-bond acceptors (Lipinski definition) is 4. The lowest BCUT2D eigenvalue weighted by molar-refractivity contribution is 0.252. The lowest BCUT2D eigenvalue weighted by atomic mass is 10.1. The molecule has 3 rings (SSSR count). The number of aromatic nitrogens is 2. The minimum atomic E-state index is -0.434. The second-order valence-electron chi connectivity index (χ2n) is 5.06. The van der Waals surface area contributed by atoms with E-state index in [1.807, 2.05) is 6.07 Å². The first-order valence-corrected chi connectivity index (χ1v) is 7.26. The van der Waals surface area contributed by atoms with Gasteiger partial charge in [-0.15, -0.1) is 0 Å². The lowest BCUT2D eigenvalue weighted by Crippen LogP contribution is -2.24. The second kappa shape index (κ2) is 6.34. The maximum Gasteiger partial charge on any atom is 0.340 e. The van der Waals surface area contributed by atoms with Gasteiger partial charge in [-0.1, -0.05) is 12.1 Å². The molecular formula is C16H17N5O. The van der Waals surface area contributed by atoms with E-state index in [0.717, 1.165) is 18.4 Å². The zero-order chi connectivity index (χ0) is 15.4. The van der Waals surface area contributed by atoms with E-state index in [0.29, 0.717) is 11.6 Å². The number of urea groups is 1. The van der Waals surface area contributed by atoms with E-state index in [1.165, 1.54) is 23.8 Å². The summed E-state index contributed by atoms with van der Waals surface area (Å²) < 4.78 is 0. The normalized spacial score (nSPS) is 13.1. The first kappa shape index (κ1) is 14.2. The van der Waals surface area contributed by atoms with E-state index in [4.69, 9.17) is 0 Å². The number of amides is 2. The van der Waals surface area contributed by atoms with Gasteiger partial charge in [-0.25, -0.2) is 20.2 Å². The Balaban J connectivity index is 1.80. The van der Waals surface area contributed by atoms with Crippen molar-refractivity contribution in [2.75, 3.05) is 5.32 Å². The van der Waals surface area contributed by atoms with Crippen LogP contribution in [0, 0.1) is 0 Å². The number of hydrogen-bond donors (Lipinski definition) is 2. The molecule has 0 saturated carbocycles. The summed E-state index contributed by atoms with van der Waals surface area (Å²) in [6, 6.07) is 7.53. The fourth-order valence-corrected chi connectivity index (χ4v) is 2.55. The molecule has 0 saturated heterocycles. The number of aryl methyl sites for hydroxylation is 2. The van der Waals surface area contributed by atoms with E-state index in [1.54, 1.807) is 19.2 Å². The highest BCUT2D eigenvalue weighted by Gasteiger charge is 2.13. The maximum absolute atomic E-state index is 11.6. The Kier molecular flexibility index (Phi) is 4.09. The van der Waals surface area contributed by atoms with Crippen LogP contribution in [0.25, 0.3) is 11.4 Å². The van der Waals surface area contributed by atoms with Crippen LogP contribution in [0.3, 0.4) is 0 Å². The summed E-state index contributed by atoms with van der Waals surface area (Å²) in [7, 11) is 0. The molecule has 0 radical (unpaired) electrons. The average Bonchev–Trinajstić information content (AvgIpc) is 3.00. The van der Waals surface area contributed by atoms with Crippen LogP contribution in [0.4, 0.5) is 10.6 Å². The van der Waals surface area contributed by atoms with E-state index in [9.17, 15) is 4.79 Å². The van der Waals surface area contributed by atoms with Crippen LogP contribution in [-0.4, -0.2) is 22.2 Å². The number of fused-ring (bicyclic) bond motifs is 1. The largest absolute Gasteiger partial charge is 0.340 e. The van der Waals surface area contributed by atoms with Gasteiger partial charge in [-0.05, 0) is 49.4 Å². The van der Waals surface area contributed by atoms with Gasteiger partial charge in [0.25, 0.3) is 0 Å². The topological polar surface area (TPSA) is 79.3 Å². The zero-order valence-corrected chi connectivity index (χ0v) is 12.3. The first-order valence-electron chi connectivity index (χ1n) is 7.26. The van der Waals surface area contributed by atoms with Crippen molar-refractivity contribution in [3.8, 4) is 11.4 Å². The predicted octanol–water partition coefficient (Wildman–Crippen LogP) is 2.76. The molecule has 112 valence electrons. The average molecular weight is 295 g/mol. The van der Waals surface area contributed by atoms with Gasteiger partial charge < -0.3 is 0 Å². The third-order valence-electron chi connectivity index (χ3n) is 3.55. The highest BCUT2D eigenvalue weighted by atomic mass is 16.2. The van der Waals surface area contributed by atoms with Crippen molar-refractivity contribution in [2.24, 2.45) is 5.10 Å². The van der Waals surface area contributed by atoms with Gasteiger partial charge in [0.1, 0.15) is 5.82 Å². The Hall–Kier alpha value is -2.76. The third-order valence-corrected chi connectivity index (χ3v) is 3.55. The predicted molar refractivity (Wildman–Crippen MR) is 85.8 cm³/mol. The van der Waals surface area contributed by atoms with Crippen LogP contribution in [0.1, 0.15) is 24.5 Å². The van der Waals surface area contributed by atoms with Gasteiger partial charge in [0.15, 0.2) is 5.82 Å². The lowest BCUT2D eigenvalue weighted by Gasteiger charge is -2.07. The van der Waals surface area contributed by atoms with Gasteiger partial charge >= 0.3 is 6.03 Å². The van der Waals surface area contributed by atoms with Crippen LogP contribution >= 0.6 is 0 Å². The minimum Gasteiger partial charge on any atom is -0.291 e. The summed E-state index contributed by atoms with van der Waals surface area (Å²) >= 11 is 0. The van der Waals surface area contributed by atoms with Gasteiger partial charge in [-0.2, -0.15) is 5.10 Å². The van der Waals surface area contributed by atoms with Gasteiger partial charge in [-0.3, -0.25) is 5.32 Å². The van der Waals surface area contributed by atoms with Crippen molar-refractivity contribution < 1.29 is 4.79 Å². The fraction of sp³-hybridized carbons (Fsp3) is 0.250. The Morgan fingerprint density at radius 3 is 3.00 bits per heavy atom. The smallest absolute Gasteiger partial charge is 0.291 e. The van der Waals surface area contributed by atoms with Crippen molar-refractivity contribution >= 4 is 18.1 Å². The Morgan fingerprint density at radius 2 is 2.14 bits per heavy atom. The summed E-state index contributed by atoms with van der Waals surface area (Å²) in [5, 5.41) is 6.28. The standard InChI is InChI=1S/C16H17N5O/c1-2-18-21-16(22)20-14-8-9-17-15(19-14)13-7-6-11-4-3-5-12(11)10-13/h2,6-10H,3-5H2,1H3,(H2,17,19,20,21,22)/b18-2-. The molecule has 22 heavy (non-hydrogen) atoms. The summed E-state index contributed by atoms with van der Waals surface area (Å²) in [5.41, 5.74) is 6.08. The fourth-order valence-electron chi connectivity index (χ4n) is 2.55. The van der Waals surface area contributed by atoms with Crippen molar-refractivity contribution in [3.63, 3.8) is 0 Å². The molecule has 1 aromatic heterocycles. The molecular weight excluding hydrogens is 278 g/mol. The highest BCUT2D eigenvalue weighted by Crippen LogP contribution is 2.26. The second-order valence-corrected chi connectivity index (χ2v) is 5.06. The van der Waals surface area contributed by atoms with Crippen molar-refractivity contribution in [2.45, 2.75) is 26.2 Å². The first-order chi connectivity index (χ1) is 10.8. The number of nitrogens with one attached hydrogen (secondary N) is 2. The van der Waals surface area contributed by atoms with Crippen LogP contribution < -0.4 is 10.7 Å². The molecule has 0 aliphatic heterocycles. The molecule has 6 nitrogen and oxygen atoms in total. The zero-order valence-electron chi connectivity index (χ0n) is 12.3. The summed E-state index contributed by atoms with van der Waals surface area (Å²) in [4.78, 5) is 20.2. The molecule has 0 bridgehead atoms. The Labute approximate surface area is 128 Å². The molecule has 1 heterocycles. The van der Waals surface area contributed by atoms with Gasteiger partial charge in [0, 0.05) is 18.0 Å². The van der Waals surface area contributed by atoms with Crippen molar-refractivity contribution in [1.29, 1.82) is 0 Å². The molecule has 0 unspecified atom stereocenters. The van der Waals surface area contributed by atoms with E-state index in [-0.39, 0.29) is 0 Å². The molecule has 2 aromatic rings. The number of carbonyl (C=O) groups excluding carboxylic acids is 1. The third kappa shape index (κ3) is 3.11. The summed E-state index contributed by atoms with van der Waals surface area (Å²) in [5.74, 6) is 1.04. The SMILES string of the molecule is C/C=N\NC(=O)Nc1ccnc(-c2ccc3c(c2)CCC3)n1. The number of carbonyl (C=O) groups is 1. The molecule has 2 amide bonds. The number of hydrazone groups is 1. The van der Waals surface area contributed by atoms with Gasteiger partial charge in [0.05, 0.1) is 0 Å². The number of benzene rings is 1. The van der Waals surface area contributed by atoms with E-state index >= 15 is 0 Å². The van der Waals surface area contributed by atoms with Crippen molar-refractivity contribution in [3.05, 3.63) is 41.6 Å². The molecule has 1 aliphatic rings.